The van der Waals surface area contributed by atoms with Crippen molar-refractivity contribution in [1.82, 2.24) is 4.31 Å². The molecule has 0 atom stereocenters. The van der Waals surface area contributed by atoms with Gasteiger partial charge in [-0.25, -0.2) is 17.5 Å². The molecule has 0 saturated heterocycles. The lowest BCUT2D eigenvalue weighted by Gasteiger charge is -2.11. The Morgan fingerprint density at radius 3 is 2.26 bits per heavy atom. The highest BCUT2D eigenvalue weighted by Crippen LogP contribution is 2.28. The van der Waals surface area contributed by atoms with E-state index in [-0.39, 0.29) is 16.2 Å². The van der Waals surface area contributed by atoms with Crippen molar-refractivity contribution in [3.8, 4) is 5.75 Å². The summed E-state index contributed by atoms with van der Waals surface area (Å²) in [5, 5.41) is 0.291. The average Bonchev–Trinajstić information content (AvgIpc) is 2.50. The number of nitrogens with zero attached hydrogens (tertiary/aromatic N) is 1. The van der Waals surface area contributed by atoms with Gasteiger partial charge >= 0.3 is 5.97 Å². The molecule has 0 fully saturated rings. The Morgan fingerprint density at radius 2 is 1.74 bits per heavy atom. The zero-order valence-corrected chi connectivity index (χ0v) is 15.4. The monoisotopic (exact) mass is 417 g/mol. The maximum absolute atomic E-state index is 12.1. The van der Waals surface area contributed by atoms with E-state index in [0.717, 1.165) is 8.78 Å². The van der Waals surface area contributed by atoms with Crippen molar-refractivity contribution in [3.05, 3.63) is 57.5 Å². The van der Waals surface area contributed by atoms with Gasteiger partial charge in [0.05, 0.1) is 15.5 Å². The molecule has 0 bridgehead atoms. The predicted molar refractivity (Wildman–Crippen MR) is 91.4 cm³/mol. The quantitative estimate of drug-likeness (QED) is 0.562. The highest BCUT2D eigenvalue weighted by atomic mass is 79.9. The molecule has 0 aromatic heterocycles. The van der Waals surface area contributed by atoms with Crippen molar-refractivity contribution >= 4 is 43.5 Å². The second-order valence-corrected chi connectivity index (χ2v) is 8.25. The minimum absolute atomic E-state index is 0.0979. The summed E-state index contributed by atoms with van der Waals surface area (Å²) >= 11 is 9.25. The normalized spacial score (nSPS) is 11.5. The van der Waals surface area contributed by atoms with E-state index in [1.807, 2.05) is 0 Å². The number of ether oxygens (including phenoxy) is 1. The third-order valence-electron chi connectivity index (χ3n) is 2.97. The maximum Gasteiger partial charge on any atom is 0.343 e. The van der Waals surface area contributed by atoms with Crippen molar-refractivity contribution in [3.63, 3.8) is 0 Å². The lowest BCUT2D eigenvalue weighted by Crippen LogP contribution is -2.22. The van der Waals surface area contributed by atoms with Gasteiger partial charge < -0.3 is 4.74 Å². The Labute approximate surface area is 148 Å². The summed E-state index contributed by atoms with van der Waals surface area (Å²) < 4.78 is 31.0. The number of esters is 1. The van der Waals surface area contributed by atoms with Crippen LogP contribution >= 0.6 is 27.5 Å². The first kappa shape index (κ1) is 17.9. The highest BCUT2D eigenvalue weighted by molar-refractivity contribution is 9.10. The minimum Gasteiger partial charge on any atom is -0.421 e. The lowest BCUT2D eigenvalue weighted by molar-refractivity contribution is 0.0734. The molecule has 0 N–H and O–H groups in total. The number of hydrogen-bond donors (Lipinski definition) is 0. The van der Waals surface area contributed by atoms with Crippen LogP contribution in [0.25, 0.3) is 0 Å². The Morgan fingerprint density at radius 1 is 1.13 bits per heavy atom. The molecular weight excluding hydrogens is 406 g/mol. The minimum atomic E-state index is -3.53. The third-order valence-corrected chi connectivity index (χ3v) is 5.58. The van der Waals surface area contributed by atoms with Crippen molar-refractivity contribution in [1.29, 1.82) is 0 Å². The number of halogens is 2. The number of rotatable bonds is 4. The number of carbonyl (C=O) groups is 1. The predicted octanol–water partition coefficient (Wildman–Crippen LogP) is 3.57. The number of carbonyl (C=O) groups excluding carboxylic acids is 1. The Bertz CT molecular complexity index is 835. The van der Waals surface area contributed by atoms with Gasteiger partial charge in [-0.15, -0.1) is 0 Å². The van der Waals surface area contributed by atoms with Crippen LogP contribution in [0.5, 0.6) is 5.75 Å². The van der Waals surface area contributed by atoms with E-state index in [9.17, 15) is 13.2 Å². The number of sulfonamides is 1. The lowest BCUT2D eigenvalue weighted by atomic mass is 10.2. The second-order valence-electron chi connectivity index (χ2n) is 4.78. The van der Waals surface area contributed by atoms with Gasteiger partial charge in [-0.05, 0) is 42.5 Å². The molecule has 8 heteroatoms. The van der Waals surface area contributed by atoms with Crippen LogP contribution in [0.2, 0.25) is 5.02 Å². The van der Waals surface area contributed by atoms with Crippen molar-refractivity contribution < 1.29 is 17.9 Å². The Hall–Kier alpha value is -1.41. The summed E-state index contributed by atoms with van der Waals surface area (Å²) in [4.78, 5) is 12.2. The standard InChI is InChI=1S/C15H13BrClNO4S/c1-18(2)23(20,21)12-6-3-10(4-7-12)15(19)22-14-8-5-11(16)9-13(14)17/h3-9H,1-2H3. The molecule has 0 radical (unpaired) electrons. The molecule has 2 aromatic carbocycles. The Kier molecular flexibility index (Phi) is 5.46. The number of hydrogen-bond acceptors (Lipinski definition) is 4. The molecule has 0 aliphatic rings. The van der Waals surface area contributed by atoms with Crippen LogP contribution in [0.3, 0.4) is 0 Å². The van der Waals surface area contributed by atoms with Crippen molar-refractivity contribution in [2.45, 2.75) is 4.90 Å². The molecule has 2 rings (SSSR count). The molecule has 5 nitrogen and oxygen atoms in total. The first-order valence-corrected chi connectivity index (χ1v) is 9.03. The van der Waals surface area contributed by atoms with Crippen molar-refractivity contribution in [2.24, 2.45) is 0 Å². The van der Waals surface area contributed by atoms with Crippen LogP contribution in [0, 0.1) is 0 Å². The number of benzene rings is 2. The van der Waals surface area contributed by atoms with Crippen LogP contribution in [-0.4, -0.2) is 32.8 Å². The summed E-state index contributed by atoms with van der Waals surface area (Å²) in [6.45, 7) is 0. The van der Waals surface area contributed by atoms with E-state index < -0.39 is 16.0 Å². The van der Waals surface area contributed by atoms with Gasteiger partial charge in [-0.1, -0.05) is 27.5 Å². The van der Waals surface area contributed by atoms with Crippen LogP contribution in [0.4, 0.5) is 0 Å². The fourth-order valence-corrected chi connectivity index (χ4v) is 3.30. The maximum atomic E-state index is 12.1. The Balaban J connectivity index is 2.21. The SMILES string of the molecule is CN(C)S(=O)(=O)c1ccc(C(=O)Oc2ccc(Br)cc2Cl)cc1. The van der Waals surface area contributed by atoms with Gasteiger partial charge in [0.2, 0.25) is 10.0 Å². The van der Waals surface area contributed by atoms with E-state index >= 15 is 0 Å². The largest absolute Gasteiger partial charge is 0.421 e. The van der Waals surface area contributed by atoms with Gasteiger partial charge in [0, 0.05) is 18.6 Å². The molecule has 0 aliphatic heterocycles. The molecule has 0 aliphatic carbocycles. The summed E-state index contributed by atoms with van der Waals surface area (Å²) in [5.41, 5.74) is 0.224. The summed E-state index contributed by atoms with van der Waals surface area (Å²) in [6.07, 6.45) is 0. The summed E-state index contributed by atoms with van der Waals surface area (Å²) in [5.74, 6) is -0.395. The zero-order chi connectivity index (χ0) is 17.2. The molecule has 0 amide bonds. The molecule has 23 heavy (non-hydrogen) atoms. The van der Waals surface area contributed by atoms with Crippen LogP contribution in [0.1, 0.15) is 10.4 Å². The van der Waals surface area contributed by atoms with E-state index in [1.165, 1.54) is 38.4 Å². The molecule has 2 aromatic rings. The molecule has 0 spiro atoms. The summed E-state index contributed by atoms with van der Waals surface area (Å²) in [6, 6.07) is 10.4. The fraction of sp³-hybridized carbons (Fsp3) is 0.133. The van der Waals surface area contributed by atoms with Crippen LogP contribution in [0.15, 0.2) is 51.8 Å². The van der Waals surface area contributed by atoms with Crippen molar-refractivity contribution in [2.75, 3.05) is 14.1 Å². The third kappa shape index (κ3) is 4.11. The van der Waals surface area contributed by atoms with Gasteiger partial charge in [-0.2, -0.15) is 0 Å². The first-order chi connectivity index (χ1) is 10.7. The highest BCUT2D eigenvalue weighted by Gasteiger charge is 2.18. The first-order valence-electron chi connectivity index (χ1n) is 6.41. The van der Waals surface area contributed by atoms with Gasteiger partial charge in [-0.3, -0.25) is 0 Å². The molecule has 0 saturated carbocycles. The molecular formula is C15H13BrClNO4S. The van der Waals surface area contributed by atoms with Gasteiger partial charge in [0.25, 0.3) is 0 Å². The molecule has 0 heterocycles. The fourth-order valence-electron chi connectivity index (χ4n) is 1.69. The molecule has 122 valence electrons. The van der Waals surface area contributed by atoms with E-state index in [1.54, 1.807) is 18.2 Å². The van der Waals surface area contributed by atoms with Gasteiger partial charge in [0.1, 0.15) is 5.75 Å². The van der Waals surface area contributed by atoms with E-state index in [2.05, 4.69) is 15.9 Å². The van der Waals surface area contributed by atoms with Crippen LogP contribution < -0.4 is 4.74 Å². The summed E-state index contributed by atoms with van der Waals surface area (Å²) in [7, 11) is -0.660. The van der Waals surface area contributed by atoms with Crippen LogP contribution in [-0.2, 0) is 10.0 Å². The van der Waals surface area contributed by atoms with E-state index in [4.69, 9.17) is 16.3 Å². The molecule has 0 unspecified atom stereocenters. The topological polar surface area (TPSA) is 63.7 Å². The zero-order valence-electron chi connectivity index (χ0n) is 12.3. The average molecular weight is 419 g/mol. The smallest absolute Gasteiger partial charge is 0.343 e. The second kappa shape index (κ2) is 7.00. The van der Waals surface area contributed by atoms with Gasteiger partial charge in [0.15, 0.2) is 0 Å². The van der Waals surface area contributed by atoms with E-state index in [0.29, 0.717) is 5.02 Å².